The summed E-state index contributed by atoms with van der Waals surface area (Å²) in [5.74, 6) is -0.162. The van der Waals surface area contributed by atoms with E-state index in [2.05, 4.69) is 5.32 Å². The van der Waals surface area contributed by atoms with Gasteiger partial charge in [0.2, 0.25) is 5.91 Å². The molecule has 6 nitrogen and oxygen atoms in total. The molecule has 0 aliphatic carbocycles. The zero-order valence-corrected chi connectivity index (χ0v) is 20.0. The lowest BCUT2D eigenvalue weighted by atomic mass is 10.1. The normalized spacial score (nSPS) is 11.7. The van der Waals surface area contributed by atoms with Crippen LogP contribution in [-0.2, 0) is 27.5 Å². The highest BCUT2D eigenvalue weighted by Crippen LogP contribution is 2.29. The van der Waals surface area contributed by atoms with Gasteiger partial charge in [-0.15, -0.1) is 0 Å². The summed E-state index contributed by atoms with van der Waals surface area (Å²) in [6.07, 6.45) is -4.51. The van der Waals surface area contributed by atoms with Crippen molar-refractivity contribution in [3.8, 4) is 5.75 Å². The standard InChI is InChI=1S/C25H25F3N2O4S/c1-3-34-22-11-13-23(14-12-22)35(32,33)30(21-9-7-18(2)8-10-21)17-24(31)29-16-19-5-4-6-20(15-19)25(26,27)28/h4-15H,3,16-17H2,1-2H3,(H,29,31). The number of benzene rings is 3. The molecule has 0 saturated heterocycles. The number of nitrogens with one attached hydrogen (secondary N) is 1. The van der Waals surface area contributed by atoms with Gasteiger partial charge in [0.1, 0.15) is 12.3 Å². The highest BCUT2D eigenvalue weighted by atomic mass is 32.2. The second kappa shape index (κ2) is 10.8. The predicted molar refractivity (Wildman–Crippen MR) is 127 cm³/mol. The zero-order chi connectivity index (χ0) is 25.6. The Bertz CT molecular complexity index is 1260. The van der Waals surface area contributed by atoms with Gasteiger partial charge in [-0.3, -0.25) is 9.10 Å². The molecule has 186 valence electrons. The first-order chi connectivity index (χ1) is 16.5. The van der Waals surface area contributed by atoms with Gasteiger partial charge in [-0.25, -0.2) is 8.42 Å². The summed E-state index contributed by atoms with van der Waals surface area (Å²) in [6.45, 7) is 3.33. The number of halogens is 3. The van der Waals surface area contributed by atoms with Crippen molar-refractivity contribution in [1.82, 2.24) is 5.32 Å². The van der Waals surface area contributed by atoms with Gasteiger partial charge >= 0.3 is 6.18 Å². The Balaban J connectivity index is 1.82. The van der Waals surface area contributed by atoms with Crippen LogP contribution in [-0.4, -0.2) is 27.5 Å². The van der Waals surface area contributed by atoms with Crippen LogP contribution in [0.3, 0.4) is 0 Å². The molecule has 0 spiro atoms. The Morgan fingerprint density at radius 1 is 1.00 bits per heavy atom. The van der Waals surface area contributed by atoms with E-state index in [9.17, 15) is 26.4 Å². The summed E-state index contributed by atoms with van der Waals surface area (Å²) in [5.41, 5.74) is 0.591. The molecule has 3 aromatic carbocycles. The van der Waals surface area contributed by atoms with Crippen molar-refractivity contribution in [2.24, 2.45) is 0 Å². The van der Waals surface area contributed by atoms with Crippen LogP contribution in [0, 0.1) is 6.92 Å². The van der Waals surface area contributed by atoms with E-state index < -0.39 is 34.2 Å². The molecule has 0 aromatic heterocycles. The fraction of sp³-hybridized carbons (Fsp3) is 0.240. The fourth-order valence-corrected chi connectivity index (χ4v) is 4.69. The van der Waals surface area contributed by atoms with Crippen molar-refractivity contribution in [3.05, 3.63) is 89.5 Å². The topological polar surface area (TPSA) is 75.7 Å². The molecule has 3 rings (SSSR count). The van der Waals surface area contributed by atoms with E-state index in [0.29, 0.717) is 12.4 Å². The molecular formula is C25H25F3N2O4S. The number of alkyl halides is 3. The van der Waals surface area contributed by atoms with Crippen molar-refractivity contribution >= 4 is 21.6 Å². The van der Waals surface area contributed by atoms with Gasteiger partial charge in [-0.05, 0) is 67.9 Å². The highest BCUT2D eigenvalue weighted by molar-refractivity contribution is 7.92. The van der Waals surface area contributed by atoms with Crippen LogP contribution in [0.25, 0.3) is 0 Å². The Kier molecular flexibility index (Phi) is 8.06. The van der Waals surface area contributed by atoms with Crippen LogP contribution in [0.1, 0.15) is 23.6 Å². The van der Waals surface area contributed by atoms with E-state index in [0.717, 1.165) is 22.0 Å². The summed E-state index contributed by atoms with van der Waals surface area (Å²) in [5, 5.41) is 2.51. The number of hydrogen-bond donors (Lipinski definition) is 1. The molecule has 3 aromatic rings. The smallest absolute Gasteiger partial charge is 0.416 e. The molecule has 0 heterocycles. The molecule has 0 aliphatic heterocycles. The Morgan fingerprint density at radius 3 is 2.26 bits per heavy atom. The summed E-state index contributed by atoms with van der Waals surface area (Å²) in [4.78, 5) is 12.7. The van der Waals surface area contributed by atoms with Crippen LogP contribution in [0.2, 0.25) is 0 Å². The Morgan fingerprint density at radius 2 is 1.66 bits per heavy atom. The summed E-state index contributed by atoms with van der Waals surface area (Å²) < 4.78 is 72.0. The van der Waals surface area contributed by atoms with Gasteiger partial charge < -0.3 is 10.1 Å². The number of carbonyl (C=O) groups is 1. The molecule has 0 atom stereocenters. The number of anilines is 1. The molecule has 10 heteroatoms. The van der Waals surface area contributed by atoms with Crippen LogP contribution in [0.4, 0.5) is 18.9 Å². The van der Waals surface area contributed by atoms with E-state index in [1.807, 2.05) is 13.8 Å². The number of ether oxygens (including phenoxy) is 1. The molecule has 1 N–H and O–H groups in total. The minimum atomic E-state index is -4.51. The minimum Gasteiger partial charge on any atom is -0.494 e. The SMILES string of the molecule is CCOc1ccc(S(=O)(=O)N(CC(=O)NCc2cccc(C(F)(F)F)c2)c2ccc(C)cc2)cc1. The lowest BCUT2D eigenvalue weighted by molar-refractivity contribution is -0.137. The summed E-state index contributed by atoms with van der Waals surface area (Å²) >= 11 is 0. The van der Waals surface area contributed by atoms with E-state index in [-0.39, 0.29) is 22.7 Å². The van der Waals surface area contributed by atoms with E-state index in [1.54, 1.807) is 24.3 Å². The predicted octanol–water partition coefficient (Wildman–Crippen LogP) is 4.92. The van der Waals surface area contributed by atoms with Gasteiger partial charge in [0, 0.05) is 6.54 Å². The molecule has 1 amide bonds. The van der Waals surface area contributed by atoms with Crippen LogP contribution in [0.5, 0.6) is 5.75 Å². The third-order valence-corrected chi connectivity index (χ3v) is 6.86. The van der Waals surface area contributed by atoms with Gasteiger partial charge in [-0.1, -0.05) is 29.8 Å². The van der Waals surface area contributed by atoms with Gasteiger partial charge in [-0.2, -0.15) is 13.2 Å². The molecule has 0 fully saturated rings. The van der Waals surface area contributed by atoms with Crippen molar-refractivity contribution in [2.75, 3.05) is 17.5 Å². The first-order valence-electron chi connectivity index (χ1n) is 10.8. The lowest BCUT2D eigenvalue weighted by Crippen LogP contribution is -2.40. The zero-order valence-electron chi connectivity index (χ0n) is 19.2. The number of nitrogens with zero attached hydrogens (tertiary/aromatic N) is 1. The third-order valence-electron chi connectivity index (χ3n) is 5.08. The van der Waals surface area contributed by atoms with Crippen molar-refractivity contribution in [2.45, 2.75) is 31.5 Å². The molecule has 0 saturated carbocycles. The maximum atomic E-state index is 13.4. The van der Waals surface area contributed by atoms with Crippen molar-refractivity contribution in [1.29, 1.82) is 0 Å². The first-order valence-corrected chi connectivity index (χ1v) is 12.2. The van der Waals surface area contributed by atoms with Gasteiger partial charge in [0.15, 0.2) is 0 Å². The van der Waals surface area contributed by atoms with Crippen LogP contribution >= 0.6 is 0 Å². The maximum absolute atomic E-state index is 13.4. The third kappa shape index (κ3) is 6.75. The molecule has 0 bridgehead atoms. The van der Waals surface area contributed by atoms with Gasteiger partial charge in [0.05, 0.1) is 22.8 Å². The number of rotatable bonds is 9. The highest BCUT2D eigenvalue weighted by Gasteiger charge is 2.30. The molecule has 0 radical (unpaired) electrons. The van der Waals surface area contributed by atoms with E-state index in [4.69, 9.17) is 4.74 Å². The quantitative estimate of drug-likeness (QED) is 0.447. The van der Waals surface area contributed by atoms with Crippen LogP contribution < -0.4 is 14.4 Å². The Labute approximate surface area is 202 Å². The van der Waals surface area contributed by atoms with Crippen LogP contribution in [0.15, 0.2) is 77.7 Å². The Hall–Kier alpha value is -3.53. The van der Waals surface area contributed by atoms with E-state index >= 15 is 0 Å². The number of hydrogen-bond acceptors (Lipinski definition) is 4. The van der Waals surface area contributed by atoms with E-state index in [1.165, 1.54) is 36.4 Å². The number of amides is 1. The second-order valence-corrected chi connectivity index (χ2v) is 9.59. The molecular weight excluding hydrogens is 481 g/mol. The lowest BCUT2D eigenvalue weighted by Gasteiger charge is -2.24. The average Bonchev–Trinajstić information content (AvgIpc) is 2.82. The second-order valence-electron chi connectivity index (χ2n) is 7.73. The van der Waals surface area contributed by atoms with Crippen molar-refractivity contribution in [3.63, 3.8) is 0 Å². The monoisotopic (exact) mass is 506 g/mol. The number of carbonyl (C=O) groups excluding carboxylic acids is 1. The molecule has 0 aliphatic rings. The number of sulfonamides is 1. The average molecular weight is 507 g/mol. The minimum absolute atomic E-state index is 0.0350. The first kappa shape index (κ1) is 26.1. The summed E-state index contributed by atoms with van der Waals surface area (Å²) in [7, 11) is -4.13. The largest absolute Gasteiger partial charge is 0.494 e. The van der Waals surface area contributed by atoms with Crippen molar-refractivity contribution < 1.29 is 31.1 Å². The molecule has 35 heavy (non-hydrogen) atoms. The molecule has 0 unspecified atom stereocenters. The maximum Gasteiger partial charge on any atom is 0.416 e. The fourth-order valence-electron chi connectivity index (χ4n) is 3.27. The number of aryl methyl sites for hydroxylation is 1. The summed E-state index contributed by atoms with van der Waals surface area (Å²) in [6, 6.07) is 17.0. The van der Waals surface area contributed by atoms with Gasteiger partial charge in [0.25, 0.3) is 10.0 Å².